The third-order valence-electron chi connectivity index (χ3n) is 4.58. The number of carbonyl (C=O) groups is 1. The van der Waals surface area contributed by atoms with Gasteiger partial charge in [-0.05, 0) is 48.7 Å². The first-order chi connectivity index (χ1) is 12.5. The Kier molecular flexibility index (Phi) is 5.52. The summed E-state index contributed by atoms with van der Waals surface area (Å²) in [5, 5.41) is 3.56. The van der Waals surface area contributed by atoms with Crippen LogP contribution in [0.1, 0.15) is 34.8 Å². The number of amides is 1. The molecule has 0 radical (unpaired) electrons. The van der Waals surface area contributed by atoms with E-state index in [1.165, 1.54) is 0 Å². The maximum atomic E-state index is 12.4. The van der Waals surface area contributed by atoms with Crippen LogP contribution in [0.4, 0.5) is 0 Å². The minimum atomic E-state index is -0.312. The molecule has 0 saturated heterocycles. The van der Waals surface area contributed by atoms with Crippen LogP contribution in [0.5, 0.6) is 5.75 Å². The highest BCUT2D eigenvalue weighted by molar-refractivity contribution is 8.13. The molecular formula is C20H23N3O2S. The van der Waals surface area contributed by atoms with Gasteiger partial charge in [-0.2, -0.15) is 0 Å². The number of benzene rings is 2. The minimum absolute atomic E-state index is 0.0975. The Labute approximate surface area is 158 Å². The standard InChI is InChI=1S/C20H23N3O2S/c1-20(11-12-26-19(21)23-20)16-7-5-15(6-8-16)18(24)22-13-14-3-9-17(25-2)10-4-14/h3-10H,11-13H2,1-2H3,(H2,21,23)(H,22,24). The van der Waals surface area contributed by atoms with E-state index in [1.54, 1.807) is 18.9 Å². The number of nitrogens with one attached hydrogen (secondary N) is 1. The van der Waals surface area contributed by atoms with Gasteiger partial charge in [0, 0.05) is 17.9 Å². The van der Waals surface area contributed by atoms with E-state index < -0.39 is 0 Å². The molecule has 0 aromatic heterocycles. The average molecular weight is 369 g/mol. The van der Waals surface area contributed by atoms with Crippen LogP contribution in [-0.4, -0.2) is 23.9 Å². The third kappa shape index (κ3) is 4.19. The molecule has 136 valence electrons. The van der Waals surface area contributed by atoms with Crippen LogP contribution in [-0.2, 0) is 12.1 Å². The highest BCUT2D eigenvalue weighted by Crippen LogP contribution is 2.34. The van der Waals surface area contributed by atoms with Gasteiger partial charge >= 0.3 is 0 Å². The van der Waals surface area contributed by atoms with Crippen LogP contribution < -0.4 is 15.8 Å². The van der Waals surface area contributed by atoms with Gasteiger partial charge in [0.2, 0.25) is 0 Å². The Balaban J connectivity index is 1.64. The van der Waals surface area contributed by atoms with Crippen molar-refractivity contribution in [3.8, 4) is 5.75 Å². The predicted octanol–water partition coefficient (Wildman–Crippen LogP) is 3.29. The second-order valence-corrected chi connectivity index (χ2v) is 7.55. The summed E-state index contributed by atoms with van der Waals surface area (Å²) < 4.78 is 5.13. The fourth-order valence-corrected chi connectivity index (χ4v) is 3.88. The molecule has 5 nitrogen and oxygen atoms in total. The van der Waals surface area contributed by atoms with E-state index in [4.69, 9.17) is 10.5 Å². The molecule has 1 atom stereocenters. The lowest BCUT2D eigenvalue weighted by molar-refractivity contribution is 0.0951. The van der Waals surface area contributed by atoms with Crippen LogP contribution in [0.15, 0.2) is 53.5 Å². The first kappa shape index (κ1) is 18.3. The van der Waals surface area contributed by atoms with Crippen molar-refractivity contribution < 1.29 is 9.53 Å². The molecule has 1 aliphatic heterocycles. The summed E-state index contributed by atoms with van der Waals surface area (Å²) >= 11 is 1.59. The fourth-order valence-electron chi connectivity index (χ4n) is 2.90. The smallest absolute Gasteiger partial charge is 0.251 e. The molecule has 0 spiro atoms. The van der Waals surface area contributed by atoms with Gasteiger partial charge in [-0.15, -0.1) is 0 Å². The van der Waals surface area contributed by atoms with Crippen LogP contribution in [0.2, 0.25) is 0 Å². The number of amidine groups is 1. The minimum Gasteiger partial charge on any atom is -0.497 e. The van der Waals surface area contributed by atoms with Gasteiger partial charge in [0.1, 0.15) is 5.75 Å². The number of hydrogen-bond donors (Lipinski definition) is 2. The molecule has 0 fully saturated rings. The summed E-state index contributed by atoms with van der Waals surface area (Å²) in [4.78, 5) is 17.0. The Bertz CT molecular complexity index is 803. The van der Waals surface area contributed by atoms with Gasteiger partial charge in [-0.25, -0.2) is 0 Å². The molecule has 26 heavy (non-hydrogen) atoms. The number of rotatable bonds is 5. The lowest BCUT2D eigenvalue weighted by Gasteiger charge is -2.29. The van der Waals surface area contributed by atoms with Crippen LogP contribution in [0.25, 0.3) is 0 Å². The molecule has 2 aromatic rings. The van der Waals surface area contributed by atoms with Crippen molar-refractivity contribution in [2.24, 2.45) is 10.7 Å². The summed E-state index contributed by atoms with van der Waals surface area (Å²) in [7, 11) is 1.63. The molecule has 0 aliphatic carbocycles. The maximum absolute atomic E-state index is 12.4. The molecule has 1 aliphatic rings. The number of ether oxygens (including phenoxy) is 1. The van der Waals surface area contributed by atoms with Crippen molar-refractivity contribution in [1.82, 2.24) is 5.32 Å². The topological polar surface area (TPSA) is 76.7 Å². The normalized spacial score (nSPS) is 19.5. The molecule has 0 bridgehead atoms. The van der Waals surface area contributed by atoms with Crippen molar-refractivity contribution in [3.63, 3.8) is 0 Å². The molecule has 3 N–H and O–H groups in total. The van der Waals surface area contributed by atoms with Gasteiger partial charge in [0.15, 0.2) is 5.17 Å². The first-order valence-corrected chi connectivity index (χ1v) is 9.48. The van der Waals surface area contributed by atoms with Crippen molar-refractivity contribution in [3.05, 3.63) is 65.2 Å². The summed E-state index contributed by atoms with van der Waals surface area (Å²) in [6, 6.07) is 15.3. The van der Waals surface area contributed by atoms with E-state index in [0.29, 0.717) is 17.3 Å². The van der Waals surface area contributed by atoms with Crippen LogP contribution in [0.3, 0.4) is 0 Å². The average Bonchev–Trinajstić information content (AvgIpc) is 2.66. The lowest BCUT2D eigenvalue weighted by atomic mass is 9.89. The number of nitrogens with zero attached hydrogens (tertiary/aromatic N) is 1. The number of aliphatic imine (C=N–C) groups is 1. The molecule has 1 amide bonds. The van der Waals surface area contributed by atoms with Crippen molar-refractivity contribution >= 4 is 22.8 Å². The van der Waals surface area contributed by atoms with E-state index in [2.05, 4.69) is 17.2 Å². The highest BCUT2D eigenvalue weighted by atomic mass is 32.2. The zero-order valence-corrected chi connectivity index (χ0v) is 15.8. The van der Waals surface area contributed by atoms with Gasteiger partial charge in [-0.1, -0.05) is 36.0 Å². The zero-order chi connectivity index (χ0) is 18.6. The number of thioether (sulfide) groups is 1. The summed E-state index contributed by atoms with van der Waals surface area (Å²) in [6.07, 6.45) is 0.932. The number of nitrogens with two attached hydrogens (primary N) is 1. The van der Waals surface area contributed by atoms with Crippen molar-refractivity contribution in [2.45, 2.75) is 25.4 Å². The second-order valence-electron chi connectivity index (χ2n) is 6.43. The summed E-state index contributed by atoms with van der Waals surface area (Å²) in [5.74, 6) is 1.66. The summed E-state index contributed by atoms with van der Waals surface area (Å²) in [6.45, 7) is 2.55. The summed E-state index contributed by atoms with van der Waals surface area (Å²) in [5.41, 5.74) is 8.30. The Hall–Kier alpha value is -2.47. The van der Waals surface area contributed by atoms with Crippen molar-refractivity contribution in [2.75, 3.05) is 12.9 Å². The molecule has 6 heteroatoms. The SMILES string of the molecule is COc1ccc(CNC(=O)c2ccc(C3(C)CCSC(N)=N3)cc2)cc1. The van der Waals surface area contributed by atoms with E-state index in [-0.39, 0.29) is 11.4 Å². The van der Waals surface area contributed by atoms with Gasteiger partial charge in [0.25, 0.3) is 5.91 Å². The van der Waals surface area contributed by atoms with E-state index >= 15 is 0 Å². The molecule has 1 heterocycles. The van der Waals surface area contributed by atoms with Gasteiger partial charge in [-0.3, -0.25) is 9.79 Å². The van der Waals surface area contributed by atoms with E-state index in [1.807, 2.05) is 48.5 Å². The molecular weight excluding hydrogens is 346 g/mol. The third-order valence-corrected chi connectivity index (χ3v) is 5.37. The highest BCUT2D eigenvalue weighted by Gasteiger charge is 2.29. The van der Waals surface area contributed by atoms with Crippen molar-refractivity contribution in [1.29, 1.82) is 0 Å². The monoisotopic (exact) mass is 369 g/mol. The Morgan fingerprint density at radius 3 is 2.54 bits per heavy atom. The first-order valence-electron chi connectivity index (χ1n) is 8.50. The zero-order valence-electron chi connectivity index (χ0n) is 15.0. The molecule has 3 rings (SSSR count). The molecule has 1 unspecified atom stereocenters. The lowest BCUT2D eigenvalue weighted by Crippen LogP contribution is -2.29. The second kappa shape index (κ2) is 7.83. The number of carbonyl (C=O) groups excluding carboxylic acids is 1. The quantitative estimate of drug-likeness (QED) is 0.848. The van der Waals surface area contributed by atoms with E-state index in [0.717, 1.165) is 29.1 Å². The predicted molar refractivity (Wildman–Crippen MR) is 107 cm³/mol. The number of methoxy groups -OCH3 is 1. The fraction of sp³-hybridized carbons (Fsp3) is 0.300. The largest absolute Gasteiger partial charge is 0.497 e. The van der Waals surface area contributed by atoms with Crippen LogP contribution in [0, 0.1) is 0 Å². The van der Waals surface area contributed by atoms with Gasteiger partial charge in [0.05, 0.1) is 12.6 Å². The Morgan fingerprint density at radius 1 is 1.23 bits per heavy atom. The number of hydrogen-bond acceptors (Lipinski definition) is 5. The van der Waals surface area contributed by atoms with E-state index in [9.17, 15) is 4.79 Å². The van der Waals surface area contributed by atoms with Crippen LogP contribution >= 0.6 is 11.8 Å². The van der Waals surface area contributed by atoms with Gasteiger partial charge < -0.3 is 15.8 Å². The maximum Gasteiger partial charge on any atom is 0.251 e. The Morgan fingerprint density at radius 2 is 1.92 bits per heavy atom. The molecule has 0 saturated carbocycles. The molecule has 2 aromatic carbocycles.